The van der Waals surface area contributed by atoms with Gasteiger partial charge in [0.25, 0.3) is 0 Å². The Morgan fingerprint density at radius 1 is 0.955 bits per heavy atom. The van der Waals surface area contributed by atoms with Crippen LogP contribution in [-0.4, -0.2) is 48.1 Å². The van der Waals surface area contributed by atoms with Gasteiger partial charge in [0.2, 0.25) is 0 Å². The van der Waals surface area contributed by atoms with Crippen LogP contribution in [0.1, 0.15) is 72.1 Å². The molecule has 22 heavy (non-hydrogen) atoms. The minimum Gasteiger partial charge on any atom is -0.300 e. The Bertz CT molecular complexity index is 416. The van der Waals surface area contributed by atoms with Crippen LogP contribution < -0.4 is 0 Å². The summed E-state index contributed by atoms with van der Waals surface area (Å²) in [7, 11) is 0. The lowest BCUT2D eigenvalue weighted by Crippen LogP contribution is -2.51. The molecule has 3 aliphatic heterocycles. The molecule has 0 N–H and O–H groups in total. The first kappa shape index (κ1) is 15.4. The molecule has 1 aliphatic carbocycles. The molecule has 4 aliphatic rings. The summed E-state index contributed by atoms with van der Waals surface area (Å²) < 4.78 is 0. The van der Waals surface area contributed by atoms with Gasteiger partial charge in [-0.2, -0.15) is 0 Å². The van der Waals surface area contributed by atoms with Gasteiger partial charge in [-0.05, 0) is 74.8 Å². The van der Waals surface area contributed by atoms with Gasteiger partial charge in [0.15, 0.2) is 0 Å². The maximum Gasteiger partial charge on any atom is 0.0136 e. The summed E-state index contributed by atoms with van der Waals surface area (Å²) >= 11 is 0. The van der Waals surface area contributed by atoms with Crippen LogP contribution in [-0.2, 0) is 0 Å². The van der Waals surface area contributed by atoms with E-state index in [1.54, 1.807) is 0 Å². The topological polar surface area (TPSA) is 6.48 Å². The first-order valence-corrected chi connectivity index (χ1v) is 9.92. The average Bonchev–Trinajstić information content (AvgIpc) is 2.68. The van der Waals surface area contributed by atoms with E-state index in [0.29, 0.717) is 10.8 Å². The summed E-state index contributed by atoms with van der Waals surface area (Å²) in [5.41, 5.74) is 1.17. The number of piperidine rings is 2. The molecule has 126 valence electrons. The summed E-state index contributed by atoms with van der Waals surface area (Å²) in [6.45, 7) is 13.1. The molecule has 4 atom stereocenters. The zero-order valence-electron chi connectivity index (χ0n) is 15.1. The normalized spacial score (nSPS) is 45.7. The quantitative estimate of drug-likeness (QED) is 0.756. The highest BCUT2D eigenvalue weighted by Crippen LogP contribution is 2.52. The van der Waals surface area contributed by atoms with Gasteiger partial charge in [0.1, 0.15) is 0 Å². The van der Waals surface area contributed by atoms with Gasteiger partial charge in [-0.25, -0.2) is 0 Å². The molecule has 0 aromatic rings. The number of hydrogen-bond acceptors (Lipinski definition) is 2. The van der Waals surface area contributed by atoms with Crippen molar-refractivity contribution in [2.24, 2.45) is 16.7 Å². The van der Waals surface area contributed by atoms with E-state index >= 15 is 0 Å². The van der Waals surface area contributed by atoms with Crippen molar-refractivity contribution in [3.63, 3.8) is 0 Å². The lowest BCUT2D eigenvalue weighted by Gasteiger charge is -2.46. The van der Waals surface area contributed by atoms with Crippen molar-refractivity contribution in [3.05, 3.63) is 0 Å². The van der Waals surface area contributed by atoms with Crippen LogP contribution in [0.25, 0.3) is 0 Å². The molecule has 4 fully saturated rings. The van der Waals surface area contributed by atoms with Crippen molar-refractivity contribution in [2.75, 3.05) is 26.2 Å². The SMILES string of the molecule is CC1(C)C[C@@H]2C[C@@](C)(CN2C[C@@H]2CCCN3CCCC[C@H]23)C1. The molecular formula is C20H36N2. The Kier molecular flexibility index (Phi) is 3.85. The summed E-state index contributed by atoms with van der Waals surface area (Å²) in [5, 5.41) is 0. The number of nitrogens with zero attached hydrogens (tertiary/aromatic N) is 2. The number of likely N-dealkylation sites (tertiary alicyclic amines) is 1. The minimum atomic E-state index is 0.565. The monoisotopic (exact) mass is 304 g/mol. The highest BCUT2D eigenvalue weighted by molar-refractivity contribution is 5.03. The van der Waals surface area contributed by atoms with Crippen LogP contribution in [0.15, 0.2) is 0 Å². The lowest BCUT2D eigenvalue weighted by atomic mass is 9.65. The maximum absolute atomic E-state index is 2.93. The fourth-order valence-electron chi connectivity index (χ4n) is 6.88. The summed E-state index contributed by atoms with van der Waals surface area (Å²) in [4.78, 5) is 5.77. The second-order valence-electron chi connectivity index (χ2n) is 10.1. The lowest BCUT2D eigenvalue weighted by molar-refractivity contribution is 0.0357. The van der Waals surface area contributed by atoms with E-state index < -0.39 is 0 Å². The first-order valence-electron chi connectivity index (χ1n) is 9.92. The Morgan fingerprint density at radius 3 is 2.64 bits per heavy atom. The van der Waals surface area contributed by atoms with E-state index in [4.69, 9.17) is 0 Å². The zero-order valence-corrected chi connectivity index (χ0v) is 15.1. The molecule has 0 unspecified atom stereocenters. The van der Waals surface area contributed by atoms with Crippen LogP contribution in [0.3, 0.4) is 0 Å². The molecule has 2 bridgehead atoms. The van der Waals surface area contributed by atoms with Crippen molar-refractivity contribution in [3.8, 4) is 0 Å². The fourth-order valence-corrected chi connectivity index (χ4v) is 6.88. The molecule has 0 radical (unpaired) electrons. The summed E-state index contributed by atoms with van der Waals surface area (Å²) in [5.74, 6) is 0.958. The third-order valence-electron chi connectivity index (χ3n) is 7.22. The molecule has 3 saturated heterocycles. The molecule has 0 aromatic heterocycles. The smallest absolute Gasteiger partial charge is 0.0136 e. The number of rotatable bonds is 2. The molecule has 3 heterocycles. The number of fused-ring (bicyclic) bond motifs is 3. The van der Waals surface area contributed by atoms with E-state index in [9.17, 15) is 0 Å². The van der Waals surface area contributed by atoms with E-state index in [2.05, 4.69) is 30.6 Å². The van der Waals surface area contributed by atoms with E-state index in [0.717, 1.165) is 18.0 Å². The number of hydrogen-bond donors (Lipinski definition) is 0. The molecule has 0 spiro atoms. The van der Waals surface area contributed by atoms with Crippen molar-refractivity contribution >= 4 is 0 Å². The van der Waals surface area contributed by atoms with Gasteiger partial charge in [-0.15, -0.1) is 0 Å². The van der Waals surface area contributed by atoms with E-state index in [1.165, 1.54) is 77.5 Å². The largest absolute Gasteiger partial charge is 0.300 e. The Morgan fingerprint density at radius 2 is 1.77 bits per heavy atom. The van der Waals surface area contributed by atoms with Gasteiger partial charge in [-0.3, -0.25) is 4.90 Å². The van der Waals surface area contributed by atoms with Crippen LogP contribution in [0.2, 0.25) is 0 Å². The third kappa shape index (κ3) is 2.86. The molecule has 2 heteroatoms. The molecule has 1 saturated carbocycles. The molecule has 2 nitrogen and oxygen atoms in total. The predicted octanol–water partition coefficient (Wildman–Crippen LogP) is 4.15. The van der Waals surface area contributed by atoms with E-state index in [1.807, 2.05) is 0 Å². The Labute approximate surface area is 137 Å². The van der Waals surface area contributed by atoms with Gasteiger partial charge >= 0.3 is 0 Å². The van der Waals surface area contributed by atoms with Gasteiger partial charge in [0, 0.05) is 25.2 Å². The van der Waals surface area contributed by atoms with Gasteiger partial charge < -0.3 is 4.90 Å². The van der Waals surface area contributed by atoms with Crippen LogP contribution in [0.4, 0.5) is 0 Å². The zero-order chi connectivity index (χ0) is 15.4. The molecule has 0 aromatic carbocycles. The van der Waals surface area contributed by atoms with E-state index in [-0.39, 0.29) is 0 Å². The molecular weight excluding hydrogens is 268 g/mol. The molecule has 4 rings (SSSR count). The Balaban J connectivity index is 1.45. The average molecular weight is 305 g/mol. The van der Waals surface area contributed by atoms with Crippen molar-refractivity contribution in [1.29, 1.82) is 0 Å². The predicted molar refractivity (Wildman–Crippen MR) is 93.0 cm³/mol. The van der Waals surface area contributed by atoms with Gasteiger partial charge in [0.05, 0.1) is 0 Å². The van der Waals surface area contributed by atoms with Crippen molar-refractivity contribution in [2.45, 2.75) is 84.2 Å². The molecule has 0 amide bonds. The standard InChI is InChI=1S/C20H36N2/c1-19(2)11-17-12-20(3,14-19)15-22(17)13-16-7-6-10-21-9-5-4-8-18(16)21/h16-18H,4-15H2,1-3H3/t16-,17+,18+,20+/m0/s1. The van der Waals surface area contributed by atoms with Crippen LogP contribution in [0.5, 0.6) is 0 Å². The van der Waals surface area contributed by atoms with Crippen LogP contribution >= 0.6 is 0 Å². The fraction of sp³-hybridized carbons (Fsp3) is 1.00. The van der Waals surface area contributed by atoms with Crippen molar-refractivity contribution in [1.82, 2.24) is 9.80 Å². The van der Waals surface area contributed by atoms with Gasteiger partial charge in [-0.1, -0.05) is 27.2 Å². The van der Waals surface area contributed by atoms with Crippen molar-refractivity contribution < 1.29 is 0 Å². The maximum atomic E-state index is 2.93. The Hall–Kier alpha value is -0.0800. The second-order valence-corrected chi connectivity index (χ2v) is 10.1. The van der Waals surface area contributed by atoms with Crippen LogP contribution in [0, 0.1) is 16.7 Å². The first-order chi connectivity index (χ1) is 10.4. The third-order valence-corrected chi connectivity index (χ3v) is 7.22. The highest BCUT2D eigenvalue weighted by Gasteiger charge is 2.50. The highest BCUT2D eigenvalue weighted by atomic mass is 15.2. The summed E-state index contributed by atoms with van der Waals surface area (Å²) in [6.07, 6.45) is 11.7. The minimum absolute atomic E-state index is 0.565. The summed E-state index contributed by atoms with van der Waals surface area (Å²) in [6, 6.07) is 1.80. The second kappa shape index (κ2) is 5.48.